The lowest BCUT2D eigenvalue weighted by atomic mass is 10.1. The molecule has 0 aliphatic heterocycles. The van der Waals surface area contributed by atoms with Crippen LogP contribution < -0.4 is 15.4 Å². The number of amides is 1. The van der Waals surface area contributed by atoms with Gasteiger partial charge in [0.25, 0.3) is 5.91 Å². The van der Waals surface area contributed by atoms with E-state index in [2.05, 4.69) is 31.4 Å². The van der Waals surface area contributed by atoms with Crippen molar-refractivity contribution in [3.05, 3.63) is 29.8 Å². The van der Waals surface area contributed by atoms with Crippen molar-refractivity contribution < 1.29 is 9.53 Å². The Morgan fingerprint density at radius 3 is 2.70 bits per heavy atom. The standard InChI is InChI=1S/C15H21N3O2/c1-15(2,3)18-10-12-6-4-5-7-13(12)20-11-14(19)17-9-8-16/h4-7,18H,9-11H2,1-3H3,(H,17,19). The normalized spacial score (nSPS) is 10.7. The molecule has 5 nitrogen and oxygen atoms in total. The van der Waals surface area contributed by atoms with E-state index in [1.165, 1.54) is 0 Å². The molecule has 1 aromatic rings. The summed E-state index contributed by atoms with van der Waals surface area (Å²) >= 11 is 0. The van der Waals surface area contributed by atoms with Crippen molar-refractivity contribution in [1.82, 2.24) is 10.6 Å². The molecule has 0 saturated heterocycles. The minimum Gasteiger partial charge on any atom is -0.483 e. The quantitative estimate of drug-likeness (QED) is 0.773. The number of hydrogen-bond acceptors (Lipinski definition) is 4. The molecule has 0 heterocycles. The smallest absolute Gasteiger partial charge is 0.258 e. The molecule has 0 aliphatic rings. The number of nitrogens with zero attached hydrogens (tertiary/aromatic N) is 1. The minimum absolute atomic E-state index is 0.00454. The van der Waals surface area contributed by atoms with E-state index in [1.807, 2.05) is 30.3 Å². The Kier molecular flexibility index (Phi) is 6.01. The second-order valence-corrected chi connectivity index (χ2v) is 5.43. The molecule has 20 heavy (non-hydrogen) atoms. The van der Waals surface area contributed by atoms with Crippen molar-refractivity contribution in [2.75, 3.05) is 13.2 Å². The summed E-state index contributed by atoms with van der Waals surface area (Å²) in [7, 11) is 0. The fourth-order valence-electron chi connectivity index (χ4n) is 1.48. The van der Waals surface area contributed by atoms with E-state index < -0.39 is 0 Å². The van der Waals surface area contributed by atoms with Crippen molar-refractivity contribution in [2.24, 2.45) is 0 Å². The Balaban J connectivity index is 2.57. The first-order chi connectivity index (χ1) is 9.42. The van der Waals surface area contributed by atoms with Crippen LogP contribution in [0.5, 0.6) is 5.75 Å². The predicted octanol–water partition coefficient (Wildman–Crippen LogP) is 1.59. The third-order valence-corrected chi connectivity index (χ3v) is 2.51. The Morgan fingerprint density at radius 2 is 2.05 bits per heavy atom. The van der Waals surface area contributed by atoms with E-state index in [-0.39, 0.29) is 24.6 Å². The second-order valence-electron chi connectivity index (χ2n) is 5.43. The fraction of sp³-hybridized carbons (Fsp3) is 0.467. The molecule has 0 radical (unpaired) electrons. The Bertz CT molecular complexity index is 487. The molecule has 0 fully saturated rings. The van der Waals surface area contributed by atoms with Crippen LogP contribution in [-0.4, -0.2) is 24.6 Å². The molecule has 0 aliphatic carbocycles. The van der Waals surface area contributed by atoms with Crippen molar-refractivity contribution in [3.8, 4) is 11.8 Å². The maximum Gasteiger partial charge on any atom is 0.258 e. The zero-order valence-electron chi connectivity index (χ0n) is 12.2. The zero-order valence-corrected chi connectivity index (χ0v) is 12.2. The van der Waals surface area contributed by atoms with Crippen LogP contribution in [0, 0.1) is 11.3 Å². The highest BCUT2D eigenvalue weighted by molar-refractivity contribution is 5.77. The monoisotopic (exact) mass is 275 g/mol. The number of carbonyl (C=O) groups excluding carboxylic acids is 1. The Morgan fingerprint density at radius 1 is 1.35 bits per heavy atom. The van der Waals surface area contributed by atoms with Gasteiger partial charge in [0.2, 0.25) is 0 Å². The molecule has 1 amide bonds. The number of rotatable bonds is 6. The van der Waals surface area contributed by atoms with Crippen LogP contribution in [0.15, 0.2) is 24.3 Å². The van der Waals surface area contributed by atoms with E-state index in [4.69, 9.17) is 10.00 Å². The summed E-state index contributed by atoms with van der Waals surface area (Å²) in [5, 5.41) is 14.2. The second kappa shape index (κ2) is 7.51. The number of hydrogen-bond donors (Lipinski definition) is 2. The zero-order chi connectivity index (χ0) is 15.0. The molecule has 1 rings (SSSR count). The van der Waals surface area contributed by atoms with Gasteiger partial charge in [-0.1, -0.05) is 18.2 Å². The molecule has 0 bridgehead atoms. The van der Waals surface area contributed by atoms with Crippen molar-refractivity contribution in [2.45, 2.75) is 32.9 Å². The summed E-state index contributed by atoms with van der Waals surface area (Å²) in [6.45, 7) is 6.84. The molecule has 2 N–H and O–H groups in total. The first-order valence-electron chi connectivity index (χ1n) is 6.52. The number of nitriles is 1. The van der Waals surface area contributed by atoms with Gasteiger partial charge in [-0.3, -0.25) is 4.79 Å². The van der Waals surface area contributed by atoms with Gasteiger partial charge in [-0.15, -0.1) is 0 Å². The molecule has 0 saturated carbocycles. The Hall–Kier alpha value is -2.06. The summed E-state index contributed by atoms with van der Waals surface area (Å²) in [5.74, 6) is 0.376. The maximum absolute atomic E-state index is 11.4. The van der Waals surface area contributed by atoms with Crippen LogP contribution in [0.2, 0.25) is 0 Å². The molecule has 108 valence electrons. The number of benzene rings is 1. The van der Waals surface area contributed by atoms with Gasteiger partial charge >= 0.3 is 0 Å². The lowest BCUT2D eigenvalue weighted by Crippen LogP contribution is -2.35. The lowest BCUT2D eigenvalue weighted by Gasteiger charge is -2.21. The van der Waals surface area contributed by atoms with Gasteiger partial charge in [0.15, 0.2) is 6.61 Å². The number of para-hydroxylation sites is 1. The summed E-state index contributed by atoms with van der Waals surface area (Å²) in [4.78, 5) is 11.4. The molecule has 0 spiro atoms. The van der Waals surface area contributed by atoms with Crippen LogP contribution in [0.25, 0.3) is 0 Å². The van der Waals surface area contributed by atoms with Gasteiger partial charge in [0, 0.05) is 17.6 Å². The Labute approximate surface area is 119 Å². The molecule has 0 unspecified atom stereocenters. The van der Waals surface area contributed by atoms with Crippen molar-refractivity contribution in [1.29, 1.82) is 5.26 Å². The van der Waals surface area contributed by atoms with Gasteiger partial charge in [-0.2, -0.15) is 5.26 Å². The maximum atomic E-state index is 11.4. The van der Waals surface area contributed by atoms with E-state index >= 15 is 0 Å². The largest absolute Gasteiger partial charge is 0.483 e. The fourth-order valence-corrected chi connectivity index (χ4v) is 1.48. The molecular weight excluding hydrogens is 254 g/mol. The third-order valence-electron chi connectivity index (χ3n) is 2.51. The van der Waals surface area contributed by atoms with Crippen LogP contribution in [0.3, 0.4) is 0 Å². The van der Waals surface area contributed by atoms with Gasteiger partial charge < -0.3 is 15.4 Å². The van der Waals surface area contributed by atoms with Crippen LogP contribution in [0.1, 0.15) is 26.3 Å². The molecule has 5 heteroatoms. The van der Waals surface area contributed by atoms with Crippen molar-refractivity contribution >= 4 is 5.91 Å². The summed E-state index contributed by atoms with van der Waals surface area (Å²) in [6.07, 6.45) is 0. The van der Waals surface area contributed by atoms with Gasteiger partial charge in [-0.25, -0.2) is 0 Å². The number of ether oxygens (including phenoxy) is 1. The average Bonchev–Trinajstić information content (AvgIpc) is 2.40. The molecule has 0 atom stereocenters. The average molecular weight is 275 g/mol. The lowest BCUT2D eigenvalue weighted by molar-refractivity contribution is -0.122. The highest BCUT2D eigenvalue weighted by atomic mass is 16.5. The topological polar surface area (TPSA) is 74.2 Å². The number of nitrogens with one attached hydrogen (secondary N) is 2. The molecular formula is C15H21N3O2. The molecule has 1 aromatic carbocycles. The SMILES string of the molecule is CC(C)(C)NCc1ccccc1OCC(=O)NCC#N. The third kappa shape index (κ3) is 6.21. The molecule has 0 aromatic heterocycles. The first-order valence-corrected chi connectivity index (χ1v) is 6.52. The van der Waals surface area contributed by atoms with Crippen molar-refractivity contribution in [3.63, 3.8) is 0 Å². The van der Waals surface area contributed by atoms with E-state index in [0.717, 1.165) is 5.56 Å². The summed E-state index contributed by atoms with van der Waals surface area (Å²) in [6, 6.07) is 9.43. The van der Waals surface area contributed by atoms with E-state index in [9.17, 15) is 4.79 Å². The first kappa shape index (κ1) is 16.0. The summed E-state index contributed by atoms with van der Waals surface area (Å²) in [5.41, 5.74) is 1.01. The van der Waals surface area contributed by atoms with Gasteiger partial charge in [-0.05, 0) is 26.8 Å². The number of carbonyl (C=O) groups is 1. The summed E-state index contributed by atoms with van der Waals surface area (Å²) < 4.78 is 5.50. The van der Waals surface area contributed by atoms with E-state index in [0.29, 0.717) is 12.3 Å². The van der Waals surface area contributed by atoms with E-state index in [1.54, 1.807) is 0 Å². The van der Waals surface area contributed by atoms with Crippen LogP contribution in [0.4, 0.5) is 0 Å². The van der Waals surface area contributed by atoms with Crippen LogP contribution >= 0.6 is 0 Å². The highest BCUT2D eigenvalue weighted by Gasteiger charge is 2.11. The van der Waals surface area contributed by atoms with Gasteiger partial charge in [0.1, 0.15) is 12.3 Å². The highest BCUT2D eigenvalue weighted by Crippen LogP contribution is 2.18. The minimum atomic E-state index is -0.301. The van der Waals surface area contributed by atoms with Crippen LogP contribution in [-0.2, 0) is 11.3 Å². The van der Waals surface area contributed by atoms with Gasteiger partial charge in [0.05, 0.1) is 6.07 Å². The predicted molar refractivity (Wildman–Crippen MR) is 77.2 cm³/mol.